The maximum Gasteiger partial charge on any atom is 0.472 e. The van der Waals surface area contributed by atoms with E-state index in [1.165, 1.54) is 66.9 Å². The Labute approximate surface area is 510 Å². The third-order valence-corrected chi connectivity index (χ3v) is 16.1. The predicted molar refractivity (Wildman–Crippen MR) is 340 cm³/mol. The fourth-order valence-electron chi connectivity index (χ4n) is 11.5. The molecule has 0 amide bonds. The van der Waals surface area contributed by atoms with Crippen LogP contribution in [-0.2, 0) is 63.4 Å². The molecule has 434 valence electrons. The van der Waals surface area contributed by atoms with Crippen LogP contribution in [0, 0.1) is 41.2 Å². The summed E-state index contributed by atoms with van der Waals surface area (Å²) in [6, 6.07) is 65.3. The fourth-order valence-corrected chi connectivity index (χ4v) is 11.5. The highest BCUT2D eigenvalue weighted by atomic mass is 15.4. The molecule has 15 nitrogen and oxygen atoms in total. The number of nitrogens with zero attached hydrogens (tertiary/aromatic N) is 15. The summed E-state index contributed by atoms with van der Waals surface area (Å²) in [5.41, 5.74) is 18.8. The van der Waals surface area contributed by atoms with Crippen molar-refractivity contribution in [2.24, 2.45) is 63.4 Å². The van der Waals surface area contributed by atoms with Gasteiger partial charge in [0.15, 0.2) is 26.5 Å². The minimum atomic E-state index is 0.402. The second-order valence-electron chi connectivity index (χ2n) is 22.1. The molecule has 0 unspecified atom stereocenters. The molecule has 13 rings (SSSR count). The minimum Gasteiger partial charge on any atom is -0.359 e. The summed E-state index contributed by atoms with van der Waals surface area (Å²) in [4.78, 5) is 3.40. The summed E-state index contributed by atoms with van der Waals surface area (Å²) in [5, 5.41) is 9.85. The van der Waals surface area contributed by atoms with E-state index in [-0.39, 0.29) is 0 Å². The van der Waals surface area contributed by atoms with E-state index < -0.39 is 0 Å². The van der Waals surface area contributed by atoms with E-state index in [4.69, 9.17) is 6.57 Å². The first kappa shape index (κ1) is 59.4. The van der Waals surface area contributed by atoms with E-state index in [0.717, 1.165) is 45.9 Å². The molecule has 87 heavy (non-hydrogen) atoms. The average Bonchev–Trinajstić information content (AvgIpc) is 3.36. The molecular weight excluding hydrogens is 1070 g/mol. The van der Waals surface area contributed by atoms with Gasteiger partial charge in [-0.1, -0.05) is 85.4 Å². The molecule has 0 fully saturated rings. The zero-order chi connectivity index (χ0) is 61.6. The number of benzene rings is 4. The molecule has 0 atom stereocenters. The molecule has 0 radical (unpaired) electrons. The third kappa shape index (κ3) is 12.3. The lowest BCUT2D eigenvalue weighted by molar-refractivity contribution is -0.807. The Balaban J connectivity index is 0.000000129. The van der Waals surface area contributed by atoms with Crippen LogP contribution in [0.25, 0.3) is 89.7 Å². The van der Waals surface area contributed by atoms with Crippen LogP contribution in [0.1, 0.15) is 27.9 Å². The van der Waals surface area contributed by atoms with Gasteiger partial charge < -0.3 is 4.85 Å². The van der Waals surface area contributed by atoms with Crippen molar-refractivity contribution >= 4 is 16.7 Å². The van der Waals surface area contributed by atoms with Gasteiger partial charge in [0.1, 0.15) is 42.4 Å². The largest absolute Gasteiger partial charge is 0.472 e. The van der Waals surface area contributed by atoms with Gasteiger partial charge >= 0.3 is 17.5 Å². The van der Waals surface area contributed by atoms with Crippen molar-refractivity contribution in [1.82, 2.24) is 33.6 Å². The van der Waals surface area contributed by atoms with Gasteiger partial charge in [0.2, 0.25) is 35.7 Å². The molecule has 0 bridgehead atoms. The number of aryl methyl sites for hydroxylation is 10. The van der Waals surface area contributed by atoms with Gasteiger partial charge in [-0.15, -0.1) is 9.25 Å². The molecule has 9 heterocycles. The van der Waals surface area contributed by atoms with Crippen LogP contribution >= 0.6 is 0 Å². The molecule has 0 N–H and O–H groups in total. The first-order chi connectivity index (χ1) is 41.9. The summed E-state index contributed by atoms with van der Waals surface area (Å²) < 4.78 is 25.3. The number of para-hydroxylation sites is 1. The molecule has 0 aliphatic carbocycles. The van der Waals surface area contributed by atoms with Crippen LogP contribution < -0.4 is 32.3 Å². The molecule has 0 aliphatic heterocycles. The van der Waals surface area contributed by atoms with E-state index in [1.807, 2.05) is 64.2 Å². The number of fused-ring (bicyclic) bond motifs is 1. The second kappa shape index (κ2) is 25.6. The summed E-state index contributed by atoms with van der Waals surface area (Å²) >= 11 is 0. The normalized spacial score (nSPS) is 10.9. The quantitative estimate of drug-likeness (QED) is 0.112. The van der Waals surface area contributed by atoms with E-state index in [9.17, 15) is 0 Å². The molecule has 0 saturated heterocycles. The fraction of sp³-hybridized carbons (Fsp3) is 0.194. The number of rotatable bonds is 8. The summed E-state index contributed by atoms with van der Waals surface area (Å²) in [6.45, 7) is 17.7. The maximum absolute atomic E-state index is 7.11. The topological polar surface area (TPSA) is 82.0 Å². The van der Waals surface area contributed by atoms with Crippen molar-refractivity contribution in [3.05, 3.63) is 258 Å². The van der Waals surface area contributed by atoms with Crippen molar-refractivity contribution in [3.63, 3.8) is 0 Å². The van der Waals surface area contributed by atoms with Gasteiger partial charge in [0.05, 0.1) is 57.0 Å². The molecule has 15 heteroatoms. The van der Waals surface area contributed by atoms with E-state index in [2.05, 4.69) is 313 Å². The number of pyridine rings is 4. The smallest absolute Gasteiger partial charge is 0.359 e. The first-order valence-electron chi connectivity index (χ1n) is 29.1. The van der Waals surface area contributed by atoms with Crippen molar-refractivity contribution in [1.29, 1.82) is 0 Å². The van der Waals surface area contributed by atoms with Crippen LogP contribution in [0.4, 0.5) is 5.82 Å². The molecule has 4 aromatic carbocycles. The van der Waals surface area contributed by atoms with Gasteiger partial charge in [0.25, 0.3) is 5.82 Å². The highest BCUT2D eigenvalue weighted by Gasteiger charge is 2.28. The van der Waals surface area contributed by atoms with Gasteiger partial charge in [0, 0.05) is 63.4 Å². The van der Waals surface area contributed by atoms with Crippen molar-refractivity contribution < 1.29 is 32.3 Å². The zero-order valence-electron chi connectivity index (χ0n) is 52.5. The van der Waals surface area contributed by atoms with Gasteiger partial charge in [-0.25, -0.2) is 9.13 Å². The Morgan fingerprint density at radius 3 is 1.40 bits per heavy atom. The maximum atomic E-state index is 7.11. The Morgan fingerprint density at radius 2 is 0.920 bits per heavy atom. The van der Waals surface area contributed by atoms with Gasteiger partial charge in [-0.2, -0.15) is 14.3 Å². The van der Waals surface area contributed by atoms with Crippen molar-refractivity contribution in [3.8, 4) is 74.0 Å². The monoisotopic (exact) mass is 1150 g/mol. The Morgan fingerprint density at radius 1 is 0.437 bits per heavy atom. The third-order valence-electron chi connectivity index (χ3n) is 16.1. The van der Waals surface area contributed by atoms with Gasteiger partial charge in [-0.3, -0.25) is 4.68 Å². The van der Waals surface area contributed by atoms with Crippen LogP contribution in [0.5, 0.6) is 0 Å². The first-order valence-corrected chi connectivity index (χ1v) is 29.1. The molecular formula is C72H78N15+7. The molecule has 9 aromatic heterocycles. The Hall–Kier alpha value is -10.7. The van der Waals surface area contributed by atoms with Crippen LogP contribution in [0.3, 0.4) is 0 Å². The van der Waals surface area contributed by atoms with E-state index >= 15 is 0 Å². The number of aromatic nitrogens is 14. The number of hydrogen-bond donors (Lipinski definition) is 0. The molecule has 0 saturated carbocycles. The van der Waals surface area contributed by atoms with Crippen LogP contribution in [0.15, 0.2) is 219 Å². The van der Waals surface area contributed by atoms with E-state index in [0.29, 0.717) is 5.82 Å². The second-order valence-corrected chi connectivity index (χ2v) is 22.1. The summed E-state index contributed by atoms with van der Waals surface area (Å²) in [7, 11) is 18.4. The Kier molecular flexibility index (Phi) is 17.5. The highest BCUT2D eigenvalue weighted by Crippen LogP contribution is 2.26. The van der Waals surface area contributed by atoms with Crippen LogP contribution in [0.2, 0.25) is 0 Å². The summed E-state index contributed by atoms with van der Waals surface area (Å²) in [5.74, 6) is 3.82. The Bertz CT molecular complexity index is 4670. The zero-order valence-corrected chi connectivity index (χ0v) is 52.5. The predicted octanol–water partition coefficient (Wildman–Crippen LogP) is 9.94. The molecule has 0 spiro atoms. The van der Waals surface area contributed by atoms with Crippen molar-refractivity contribution in [2.75, 3.05) is 0 Å². The molecule has 13 aromatic rings. The van der Waals surface area contributed by atoms with Crippen LogP contribution in [-0.4, -0.2) is 33.6 Å². The lowest BCUT2D eigenvalue weighted by atomic mass is 10.1. The summed E-state index contributed by atoms with van der Waals surface area (Å²) in [6.07, 6.45) is 10.6. The lowest BCUT2D eigenvalue weighted by Gasteiger charge is -2.08. The lowest BCUT2D eigenvalue weighted by Crippen LogP contribution is -2.51. The van der Waals surface area contributed by atoms with Gasteiger partial charge in [-0.05, 0) is 137 Å². The standard InChI is InChI=1S/C21H21N3.C18H21N3.C17H19N3.C16H17N6/c1-16-9-4-6-11-18(16)20-13-8-14-21(22(20)2)24-15-17-10-5-7-12-19(17)23(24)3;1-14-12-19(3)21(13-14)18-11-7-10-17(20(18)4)16-9-6-5-8-15(16)2;1-14-8-4-5-9-15(14)16-10-6-11-17(19(16)3)20-13-7-12-18(20)2;1-11-9-14(21(4)18-11)12-7-6-8-13(20(12)3)15-10-16(17-2)19-22(15)5/h4-15H,1-3H3;5-13H,1-4H3;4-13H,1-3H3;6-10H,1,3-5H3/q3*+2;+1. The minimum absolute atomic E-state index is 0.402. The molecule has 0 aliphatic rings. The number of hydrogen-bond acceptors (Lipinski definition) is 2. The SMILES string of the molecule is Cc1ccccc1-c1cccc(-[n+]2cc3ccccc3n2C)[n+]1C.Cc1ccccc1-c1cccc(-n2ccc[n+]2C)[n+]1C.Cc1cn(-c2cccc(-c3ccccc3C)[n+]2C)[n+](C)c1.[C-]#[N+]c1cc(-c2cccc(-c3cc(C)nn3C)[n+]2C)n(C)n1. The highest BCUT2D eigenvalue weighted by molar-refractivity contribution is 5.77. The van der Waals surface area contributed by atoms with E-state index in [1.54, 1.807) is 10.7 Å². The van der Waals surface area contributed by atoms with Crippen molar-refractivity contribution in [2.45, 2.75) is 34.6 Å². The average molecular weight is 1150 g/mol.